The van der Waals surface area contributed by atoms with Gasteiger partial charge in [-0.05, 0) is 69.9 Å². The number of nitriles is 1. The van der Waals surface area contributed by atoms with E-state index in [9.17, 15) is 5.26 Å². The van der Waals surface area contributed by atoms with Crippen molar-refractivity contribution in [3.8, 4) is 6.07 Å². The zero-order valence-electron chi connectivity index (χ0n) is 12.9. The molecule has 0 aromatic rings. The summed E-state index contributed by atoms with van der Waals surface area (Å²) in [6.07, 6.45) is 10.4. The fourth-order valence-corrected chi connectivity index (χ4v) is 4.02. The van der Waals surface area contributed by atoms with Crippen LogP contribution in [0.25, 0.3) is 0 Å². The summed E-state index contributed by atoms with van der Waals surface area (Å²) in [4.78, 5) is 2.74. The summed E-state index contributed by atoms with van der Waals surface area (Å²) in [6, 6.07) is 3.50. The van der Waals surface area contributed by atoms with Gasteiger partial charge in [0.2, 0.25) is 0 Å². The summed E-state index contributed by atoms with van der Waals surface area (Å²) in [5.41, 5.74) is -0.219. The van der Waals surface area contributed by atoms with Crippen molar-refractivity contribution in [2.45, 2.75) is 69.9 Å². The minimum absolute atomic E-state index is 0.219. The van der Waals surface area contributed by atoms with Gasteiger partial charge in [-0.1, -0.05) is 13.3 Å². The molecule has 0 saturated heterocycles. The number of rotatable bonds is 8. The van der Waals surface area contributed by atoms with Gasteiger partial charge in [0.15, 0.2) is 0 Å². The van der Waals surface area contributed by atoms with Crippen LogP contribution >= 0.6 is 0 Å². The molecule has 0 radical (unpaired) electrons. The van der Waals surface area contributed by atoms with Gasteiger partial charge in [0.1, 0.15) is 5.54 Å². The lowest BCUT2D eigenvalue weighted by molar-refractivity contribution is 0.210. The molecular weight excluding hydrogens is 246 g/mol. The Morgan fingerprint density at radius 2 is 2.05 bits per heavy atom. The Balaban J connectivity index is 1.54. The smallest absolute Gasteiger partial charge is 0.109 e. The normalized spacial score (nSPS) is 33.5. The Morgan fingerprint density at radius 3 is 2.65 bits per heavy atom. The number of hydrogen-bond acceptors (Lipinski definition) is 3. The lowest BCUT2D eigenvalue weighted by atomic mass is 9.85. The van der Waals surface area contributed by atoms with E-state index in [1.54, 1.807) is 0 Å². The highest BCUT2D eigenvalue weighted by atomic mass is 15.2. The number of nitrogens with one attached hydrogen (secondary N) is 1. The van der Waals surface area contributed by atoms with Gasteiger partial charge in [0.25, 0.3) is 0 Å². The Kier molecular flexibility index (Phi) is 4.33. The van der Waals surface area contributed by atoms with Crippen LogP contribution in [0.2, 0.25) is 0 Å². The molecule has 3 saturated carbocycles. The summed E-state index contributed by atoms with van der Waals surface area (Å²) in [7, 11) is 0. The summed E-state index contributed by atoms with van der Waals surface area (Å²) in [5, 5.41) is 13.1. The van der Waals surface area contributed by atoms with Gasteiger partial charge in [-0.15, -0.1) is 0 Å². The fraction of sp³-hybridized carbons (Fsp3) is 0.941. The second-order valence-corrected chi connectivity index (χ2v) is 7.16. The van der Waals surface area contributed by atoms with Crippen molar-refractivity contribution in [1.82, 2.24) is 10.2 Å². The molecular formula is C17H29N3. The topological polar surface area (TPSA) is 39.1 Å². The molecule has 0 spiro atoms. The van der Waals surface area contributed by atoms with Crippen molar-refractivity contribution in [3.05, 3.63) is 0 Å². The summed E-state index contributed by atoms with van der Waals surface area (Å²) in [5.74, 6) is 1.56. The maximum Gasteiger partial charge on any atom is 0.109 e. The first-order valence-corrected chi connectivity index (χ1v) is 8.67. The first-order valence-electron chi connectivity index (χ1n) is 8.67. The molecule has 3 rings (SSSR count). The first kappa shape index (κ1) is 14.4. The van der Waals surface area contributed by atoms with Crippen LogP contribution in [0.1, 0.15) is 58.3 Å². The largest absolute Gasteiger partial charge is 0.300 e. The molecule has 0 aliphatic heterocycles. The third kappa shape index (κ3) is 3.18. The van der Waals surface area contributed by atoms with Gasteiger partial charge in [0.05, 0.1) is 6.07 Å². The van der Waals surface area contributed by atoms with Gasteiger partial charge in [-0.25, -0.2) is 0 Å². The van der Waals surface area contributed by atoms with Crippen molar-refractivity contribution >= 4 is 0 Å². The Hall–Kier alpha value is -0.590. The van der Waals surface area contributed by atoms with Gasteiger partial charge in [-0.2, -0.15) is 5.26 Å². The van der Waals surface area contributed by atoms with Crippen molar-refractivity contribution in [1.29, 1.82) is 5.26 Å². The summed E-state index contributed by atoms with van der Waals surface area (Å²) >= 11 is 0. The zero-order valence-corrected chi connectivity index (χ0v) is 12.9. The maximum absolute atomic E-state index is 9.63. The summed E-state index contributed by atoms with van der Waals surface area (Å²) in [6.45, 7) is 5.59. The molecule has 3 aliphatic rings. The van der Waals surface area contributed by atoms with Crippen molar-refractivity contribution in [3.63, 3.8) is 0 Å². The Bertz CT molecular complexity index is 367. The number of nitrogens with zero attached hydrogens (tertiary/aromatic N) is 2. The van der Waals surface area contributed by atoms with E-state index < -0.39 is 0 Å². The fourth-order valence-electron chi connectivity index (χ4n) is 4.02. The molecule has 1 N–H and O–H groups in total. The highest BCUT2D eigenvalue weighted by molar-refractivity contribution is 5.14. The highest BCUT2D eigenvalue weighted by Gasteiger charge is 2.43. The van der Waals surface area contributed by atoms with Crippen molar-refractivity contribution < 1.29 is 0 Å². The molecule has 0 amide bonds. The van der Waals surface area contributed by atoms with E-state index in [0.29, 0.717) is 5.92 Å². The predicted octanol–water partition coefficient (Wildman–Crippen LogP) is 2.92. The van der Waals surface area contributed by atoms with E-state index >= 15 is 0 Å². The molecule has 0 heterocycles. The quantitative estimate of drug-likeness (QED) is 0.740. The van der Waals surface area contributed by atoms with E-state index in [1.807, 2.05) is 0 Å². The Labute approximate surface area is 123 Å². The first-order chi connectivity index (χ1) is 9.77. The van der Waals surface area contributed by atoms with E-state index in [0.717, 1.165) is 24.9 Å². The van der Waals surface area contributed by atoms with Crippen LogP contribution in [0, 0.1) is 23.2 Å². The van der Waals surface area contributed by atoms with Gasteiger partial charge in [0, 0.05) is 12.6 Å². The molecule has 3 nitrogen and oxygen atoms in total. The standard InChI is InChI=1S/C17H29N3/c1-2-19-17(13-18)10-3-4-15(17)9-11-20(16-7-8-16)12-14-5-6-14/h14-16,19H,2-12H2,1H3. The van der Waals surface area contributed by atoms with Crippen LogP contribution in [-0.2, 0) is 0 Å². The molecule has 0 aromatic carbocycles. The minimum atomic E-state index is -0.219. The molecule has 0 bridgehead atoms. The molecule has 112 valence electrons. The molecule has 2 unspecified atom stereocenters. The average molecular weight is 275 g/mol. The van der Waals surface area contributed by atoms with Crippen LogP contribution in [0.3, 0.4) is 0 Å². The summed E-state index contributed by atoms with van der Waals surface area (Å²) < 4.78 is 0. The molecule has 20 heavy (non-hydrogen) atoms. The molecule has 3 aliphatic carbocycles. The SMILES string of the molecule is CCNC1(C#N)CCCC1CCN(CC1CC1)C1CC1. The van der Waals surface area contributed by atoms with Crippen LogP contribution in [0.5, 0.6) is 0 Å². The number of hydrogen-bond donors (Lipinski definition) is 1. The molecule has 0 aromatic heterocycles. The lowest BCUT2D eigenvalue weighted by Crippen LogP contribution is -2.48. The van der Waals surface area contributed by atoms with Gasteiger partial charge < -0.3 is 4.90 Å². The Morgan fingerprint density at radius 1 is 1.25 bits per heavy atom. The van der Waals surface area contributed by atoms with Gasteiger partial charge in [-0.3, -0.25) is 5.32 Å². The van der Waals surface area contributed by atoms with Gasteiger partial charge >= 0.3 is 0 Å². The lowest BCUT2D eigenvalue weighted by Gasteiger charge is -2.31. The van der Waals surface area contributed by atoms with E-state index in [2.05, 4.69) is 23.2 Å². The van der Waals surface area contributed by atoms with Crippen LogP contribution in [0.15, 0.2) is 0 Å². The van der Waals surface area contributed by atoms with E-state index in [1.165, 1.54) is 58.0 Å². The van der Waals surface area contributed by atoms with Crippen LogP contribution in [-0.4, -0.2) is 36.1 Å². The minimum Gasteiger partial charge on any atom is -0.300 e. The maximum atomic E-state index is 9.63. The van der Waals surface area contributed by atoms with E-state index in [-0.39, 0.29) is 5.54 Å². The third-order valence-corrected chi connectivity index (χ3v) is 5.53. The van der Waals surface area contributed by atoms with Crippen LogP contribution < -0.4 is 5.32 Å². The molecule has 2 atom stereocenters. The van der Waals surface area contributed by atoms with Crippen LogP contribution in [0.4, 0.5) is 0 Å². The second kappa shape index (κ2) is 6.03. The van der Waals surface area contributed by atoms with E-state index in [4.69, 9.17) is 0 Å². The van der Waals surface area contributed by atoms with Crippen molar-refractivity contribution in [2.75, 3.05) is 19.6 Å². The predicted molar refractivity (Wildman–Crippen MR) is 81.3 cm³/mol. The average Bonchev–Trinajstić information content (AvgIpc) is 3.34. The second-order valence-electron chi connectivity index (χ2n) is 7.16. The highest BCUT2D eigenvalue weighted by Crippen LogP contribution is 2.39. The van der Waals surface area contributed by atoms with Crippen molar-refractivity contribution in [2.24, 2.45) is 11.8 Å². The third-order valence-electron chi connectivity index (χ3n) is 5.53. The molecule has 3 heteroatoms. The molecule has 3 fully saturated rings. The monoisotopic (exact) mass is 275 g/mol. The zero-order chi connectivity index (χ0) is 14.0.